The molecule has 0 fully saturated rings. The molecule has 5 aromatic rings. The largest absolute Gasteiger partial charge is 0.354 e. The molecular weight excluding hydrogens is 408 g/mol. The van der Waals surface area contributed by atoms with E-state index in [-0.39, 0.29) is 0 Å². The first-order chi connectivity index (χ1) is 13.7. The average molecular weight is 427 g/mol. The number of benzene rings is 3. The van der Waals surface area contributed by atoms with Crippen molar-refractivity contribution in [2.75, 3.05) is 0 Å². The summed E-state index contributed by atoms with van der Waals surface area (Å²) in [5.74, 6) is 0. The Hall–Kier alpha value is -3.04. The molecule has 136 valence electrons. The Balaban J connectivity index is 2.07. The van der Waals surface area contributed by atoms with Crippen molar-refractivity contribution in [2.45, 2.75) is 6.92 Å². The van der Waals surface area contributed by atoms with Gasteiger partial charge in [0.1, 0.15) is 0 Å². The Morgan fingerprint density at radius 1 is 0.964 bits per heavy atom. The highest BCUT2D eigenvalue weighted by atomic mass is 79.9. The third kappa shape index (κ3) is 2.33. The van der Waals surface area contributed by atoms with E-state index < -0.39 is 0 Å². The van der Waals surface area contributed by atoms with Gasteiger partial charge in [-0.1, -0.05) is 49.1 Å². The topological polar surface area (TPSA) is 20.7 Å². The minimum Gasteiger partial charge on any atom is -0.354 e. The van der Waals surface area contributed by atoms with E-state index in [0.29, 0.717) is 0 Å². The lowest BCUT2D eigenvalue weighted by Gasteiger charge is -2.08. The number of hydrogen-bond acceptors (Lipinski definition) is 0. The molecule has 5 rings (SSSR count). The first-order valence-corrected chi connectivity index (χ1v) is 10.1. The zero-order valence-corrected chi connectivity index (χ0v) is 17.1. The van der Waals surface area contributed by atoms with Gasteiger partial charge in [-0.2, -0.15) is 0 Å². The van der Waals surface area contributed by atoms with Gasteiger partial charge in [-0.3, -0.25) is 0 Å². The van der Waals surface area contributed by atoms with E-state index in [4.69, 9.17) is 0 Å². The smallest absolute Gasteiger partial charge is 0.0609 e. The third-order valence-corrected chi connectivity index (χ3v) is 5.93. The van der Waals surface area contributed by atoms with Crippen molar-refractivity contribution >= 4 is 65.2 Å². The number of para-hydroxylation sites is 2. The van der Waals surface area contributed by atoms with Crippen LogP contribution in [-0.2, 0) is 0 Å². The first-order valence-electron chi connectivity index (χ1n) is 9.32. The van der Waals surface area contributed by atoms with Crippen LogP contribution in [0.25, 0.3) is 49.3 Å². The second-order valence-electron chi connectivity index (χ2n) is 6.85. The fourth-order valence-corrected chi connectivity index (χ4v) is 4.68. The zero-order chi connectivity index (χ0) is 19.3. The lowest BCUT2D eigenvalue weighted by Crippen LogP contribution is -1.94. The van der Waals surface area contributed by atoms with Gasteiger partial charge in [0, 0.05) is 37.2 Å². The number of fused-ring (bicyclic) bond motifs is 7. The van der Waals surface area contributed by atoms with Crippen molar-refractivity contribution in [1.82, 2.24) is 9.55 Å². The summed E-state index contributed by atoms with van der Waals surface area (Å²) in [4.78, 5) is 3.59. The molecule has 0 saturated heterocycles. The van der Waals surface area contributed by atoms with Gasteiger partial charge in [0.15, 0.2) is 0 Å². The second-order valence-corrected chi connectivity index (χ2v) is 7.70. The standard InChI is InChI=1S/C25H19BrN2/c1-3-8-16(9-4-2)28-21-13-6-5-10-17(21)24-22(28)15-14-20-23(24)18-11-7-12-19(26)25(18)27-20/h3-15,27H,1H2,2H3/b9-4-,16-8+. The van der Waals surface area contributed by atoms with Gasteiger partial charge in [-0.25, -0.2) is 0 Å². The van der Waals surface area contributed by atoms with Crippen LogP contribution in [0.5, 0.6) is 0 Å². The number of nitrogens with zero attached hydrogens (tertiary/aromatic N) is 1. The number of H-pyrrole nitrogens is 1. The molecule has 3 aromatic carbocycles. The van der Waals surface area contributed by atoms with Crippen molar-refractivity contribution < 1.29 is 0 Å². The van der Waals surface area contributed by atoms with E-state index >= 15 is 0 Å². The Kier molecular flexibility index (Phi) is 3.99. The van der Waals surface area contributed by atoms with Crippen LogP contribution in [0.4, 0.5) is 0 Å². The SMILES string of the molecule is C=C/C=C(\C=C/C)n1c2ccccc2c2c3c(ccc21)[nH]c1c(Br)cccc13. The minimum atomic E-state index is 1.08. The monoisotopic (exact) mass is 426 g/mol. The molecule has 0 aliphatic carbocycles. The summed E-state index contributed by atoms with van der Waals surface area (Å²) in [6.07, 6.45) is 8.10. The van der Waals surface area contributed by atoms with Gasteiger partial charge in [0.05, 0.1) is 16.6 Å². The van der Waals surface area contributed by atoms with Crippen LogP contribution in [0.3, 0.4) is 0 Å². The van der Waals surface area contributed by atoms with Crippen molar-refractivity contribution in [3.63, 3.8) is 0 Å². The van der Waals surface area contributed by atoms with Crippen LogP contribution in [0.15, 0.2) is 90.0 Å². The minimum absolute atomic E-state index is 1.08. The molecule has 0 radical (unpaired) electrons. The normalized spacial score (nSPS) is 12.9. The van der Waals surface area contributed by atoms with Crippen molar-refractivity contribution in [2.24, 2.45) is 0 Å². The fraction of sp³-hybridized carbons (Fsp3) is 0.0400. The molecule has 28 heavy (non-hydrogen) atoms. The van der Waals surface area contributed by atoms with E-state index in [1.807, 2.05) is 13.0 Å². The number of aromatic nitrogens is 2. The molecule has 2 heterocycles. The Labute approximate surface area is 171 Å². The maximum Gasteiger partial charge on any atom is 0.0609 e. The van der Waals surface area contributed by atoms with E-state index in [2.05, 4.69) is 105 Å². The molecule has 0 aliphatic rings. The predicted octanol–water partition coefficient (Wildman–Crippen LogP) is 7.79. The lowest BCUT2D eigenvalue weighted by molar-refractivity contribution is 1.24. The molecule has 2 nitrogen and oxygen atoms in total. The van der Waals surface area contributed by atoms with Crippen molar-refractivity contribution in [1.29, 1.82) is 0 Å². The molecule has 0 spiro atoms. The summed E-state index contributed by atoms with van der Waals surface area (Å²) in [7, 11) is 0. The second kappa shape index (κ2) is 6.54. The molecule has 3 heteroatoms. The van der Waals surface area contributed by atoms with Gasteiger partial charge in [-0.05, 0) is 59.3 Å². The molecular formula is C25H19BrN2. The van der Waals surface area contributed by atoms with Crippen LogP contribution in [-0.4, -0.2) is 9.55 Å². The molecule has 0 amide bonds. The maximum absolute atomic E-state index is 3.91. The summed E-state index contributed by atoms with van der Waals surface area (Å²) < 4.78 is 3.40. The van der Waals surface area contributed by atoms with E-state index in [0.717, 1.165) is 21.2 Å². The summed E-state index contributed by atoms with van der Waals surface area (Å²) >= 11 is 3.69. The van der Waals surface area contributed by atoms with Crippen LogP contribution >= 0.6 is 15.9 Å². The summed E-state index contributed by atoms with van der Waals surface area (Å²) in [6, 6.07) is 19.4. The third-order valence-electron chi connectivity index (χ3n) is 5.27. The zero-order valence-electron chi connectivity index (χ0n) is 15.5. The molecule has 1 N–H and O–H groups in total. The van der Waals surface area contributed by atoms with E-state index in [1.165, 1.54) is 32.6 Å². The molecule has 2 aromatic heterocycles. The Morgan fingerprint density at radius 3 is 2.61 bits per heavy atom. The van der Waals surface area contributed by atoms with Crippen LogP contribution < -0.4 is 0 Å². The highest BCUT2D eigenvalue weighted by Gasteiger charge is 2.17. The first kappa shape index (κ1) is 17.1. The number of rotatable bonds is 3. The summed E-state index contributed by atoms with van der Waals surface area (Å²) in [5, 5.41) is 5.03. The number of nitrogens with one attached hydrogen (secondary N) is 1. The predicted molar refractivity (Wildman–Crippen MR) is 126 cm³/mol. The lowest BCUT2D eigenvalue weighted by atomic mass is 10.1. The quantitative estimate of drug-likeness (QED) is 0.284. The Morgan fingerprint density at radius 2 is 1.79 bits per heavy atom. The number of halogens is 1. The number of aromatic amines is 1. The molecule has 0 unspecified atom stereocenters. The van der Waals surface area contributed by atoms with Gasteiger partial charge in [0.25, 0.3) is 0 Å². The number of hydrogen-bond donors (Lipinski definition) is 1. The van der Waals surface area contributed by atoms with Gasteiger partial charge in [-0.15, -0.1) is 0 Å². The maximum atomic E-state index is 3.91. The molecule has 0 saturated carbocycles. The van der Waals surface area contributed by atoms with E-state index in [1.54, 1.807) is 0 Å². The average Bonchev–Trinajstić information content (AvgIpc) is 3.24. The van der Waals surface area contributed by atoms with Crippen molar-refractivity contribution in [3.05, 3.63) is 90.0 Å². The fourth-order valence-electron chi connectivity index (χ4n) is 4.21. The van der Waals surface area contributed by atoms with Crippen LogP contribution in [0.2, 0.25) is 0 Å². The van der Waals surface area contributed by atoms with Gasteiger partial charge in [0.2, 0.25) is 0 Å². The Bertz CT molecular complexity index is 1440. The molecule has 0 atom stereocenters. The highest BCUT2D eigenvalue weighted by Crippen LogP contribution is 2.41. The van der Waals surface area contributed by atoms with Crippen LogP contribution in [0.1, 0.15) is 6.92 Å². The number of allylic oxidation sites excluding steroid dienone is 5. The van der Waals surface area contributed by atoms with E-state index in [9.17, 15) is 0 Å². The highest BCUT2D eigenvalue weighted by molar-refractivity contribution is 9.10. The van der Waals surface area contributed by atoms with Crippen molar-refractivity contribution in [3.8, 4) is 0 Å². The van der Waals surface area contributed by atoms with Gasteiger partial charge < -0.3 is 9.55 Å². The van der Waals surface area contributed by atoms with Gasteiger partial charge >= 0.3 is 0 Å². The summed E-state index contributed by atoms with van der Waals surface area (Å²) in [5.41, 5.74) is 5.78. The molecule has 0 bridgehead atoms. The molecule has 0 aliphatic heterocycles. The van der Waals surface area contributed by atoms with Crippen LogP contribution in [0, 0.1) is 0 Å². The summed E-state index contributed by atoms with van der Waals surface area (Å²) in [6.45, 7) is 5.95.